The Bertz CT molecular complexity index is 649. The van der Waals surface area contributed by atoms with E-state index < -0.39 is 0 Å². The lowest BCUT2D eigenvalue weighted by atomic mass is 10.3. The number of carbonyl (C=O) groups is 1. The average molecular weight is 266 g/mol. The number of anilines is 1. The van der Waals surface area contributed by atoms with Gasteiger partial charge in [0.2, 0.25) is 5.13 Å². The van der Waals surface area contributed by atoms with E-state index in [1.807, 2.05) is 19.1 Å². The van der Waals surface area contributed by atoms with Gasteiger partial charge in [0, 0.05) is 10.7 Å². The van der Waals surface area contributed by atoms with E-state index in [4.69, 9.17) is 11.6 Å². The molecule has 0 unspecified atom stereocenters. The molecule has 0 saturated carbocycles. The largest absolute Gasteiger partial charge is 0.272 e. The van der Waals surface area contributed by atoms with Crippen LogP contribution in [-0.2, 0) is 4.79 Å². The van der Waals surface area contributed by atoms with Crippen LogP contribution >= 0.6 is 22.9 Å². The molecule has 1 aromatic carbocycles. The standard InChI is InChI=1S/C11H8ClN3OS/c1-6-4-10(16)15(14-6)11-13-8-3-2-7(12)5-9(8)17-11/h2-3,5H,4H2,1H3. The minimum Gasteiger partial charge on any atom is -0.272 e. The number of hydrogen-bond acceptors (Lipinski definition) is 4. The Morgan fingerprint density at radius 3 is 3.00 bits per heavy atom. The summed E-state index contributed by atoms with van der Waals surface area (Å²) in [5, 5.41) is 6.81. The molecule has 4 nitrogen and oxygen atoms in total. The second-order valence-corrected chi connectivity index (χ2v) is 5.27. The maximum absolute atomic E-state index is 11.7. The van der Waals surface area contributed by atoms with Crippen molar-refractivity contribution in [2.24, 2.45) is 5.10 Å². The Morgan fingerprint density at radius 2 is 2.29 bits per heavy atom. The molecule has 0 radical (unpaired) electrons. The van der Waals surface area contributed by atoms with Crippen LogP contribution in [0.2, 0.25) is 5.02 Å². The van der Waals surface area contributed by atoms with Crippen LogP contribution in [0.3, 0.4) is 0 Å². The molecule has 1 aliphatic heterocycles. The smallest absolute Gasteiger partial charge is 0.255 e. The van der Waals surface area contributed by atoms with Crippen LogP contribution in [0, 0.1) is 0 Å². The summed E-state index contributed by atoms with van der Waals surface area (Å²) in [5.41, 5.74) is 1.65. The molecule has 3 rings (SSSR count). The molecule has 6 heteroatoms. The van der Waals surface area contributed by atoms with E-state index in [-0.39, 0.29) is 5.91 Å². The Kier molecular flexibility index (Phi) is 2.38. The third-order valence-electron chi connectivity index (χ3n) is 2.43. The first-order valence-electron chi connectivity index (χ1n) is 5.06. The van der Waals surface area contributed by atoms with Crippen molar-refractivity contribution in [2.45, 2.75) is 13.3 Å². The minimum absolute atomic E-state index is 0.0346. The fourth-order valence-electron chi connectivity index (χ4n) is 1.68. The highest BCUT2D eigenvalue weighted by Crippen LogP contribution is 2.32. The van der Waals surface area contributed by atoms with Gasteiger partial charge < -0.3 is 0 Å². The quantitative estimate of drug-likeness (QED) is 0.795. The maximum atomic E-state index is 11.7. The second kappa shape index (κ2) is 3.78. The SMILES string of the molecule is CC1=NN(c2nc3ccc(Cl)cc3s2)C(=O)C1. The molecule has 1 aromatic heterocycles. The van der Waals surface area contributed by atoms with Gasteiger partial charge in [0.25, 0.3) is 5.91 Å². The van der Waals surface area contributed by atoms with E-state index in [0.717, 1.165) is 15.9 Å². The molecule has 0 saturated heterocycles. The monoisotopic (exact) mass is 265 g/mol. The lowest BCUT2D eigenvalue weighted by Crippen LogP contribution is -2.19. The van der Waals surface area contributed by atoms with Crippen LogP contribution in [0.25, 0.3) is 10.2 Å². The van der Waals surface area contributed by atoms with Crippen molar-refractivity contribution in [3.8, 4) is 0 Å². The van der Waals surface area contributed by atoms with Gasteiger partial charge in [-0.2, -0.15) is 10.1 Å². The van der Waals surface area contributed by atoms with Gasteiger partial charge in [-0.05, 0) is 25.1 Å². The van der Waals surface area contributed by atoms with Crippen molar-refractivity contribution in [1.82, 2.24) is 4.98 Å². The molecule has 17 heavy (non-hydrogen) atoms. The van der Waals surface area contributed by atoms with E-state index in [0.29, 0.717) is 16.6 Å². The summed E-state index contributed by atoms with van der Waals surface area (Å²) in [7, 11) is 0. The molecular weight excluding hydrogens is 258 g/mol. The fraction of sp³-hybridized carbons (Fsp3) is 0.182. The van der Waals surface area contributed by atoms with Crippen LogP contribution in [0.15, 0.2) is 23.3 Å². The number of thiazole rings is 1. The number of nitrogens with zero attached hydrogens (tertiary/aromatic N) is 3. The first-order valence-corrected chi connectivity index (χ1v) is 6.26. The number of amides is 1. The Balaban J connectivity index is 2.09. The molecule has 0 fully saturated rings. The predicted octanol–water partition coefficient (Wildman–Crippen LogP) is 3.06. The molecule has 0 N–H and O–H groups in total. The highest BCUT2D eigenvalue weighted by molar-refractivity contribution is 7.22. The van der Waals surface area contributed by atoms with Gasteiger partial charge in [-0.25, -0.2) is 4.98 Å². The summed E-state index contributed by atoms with van der Waals surface area (Å²) in [5.74, 6) is -0.0346. The van der Waals surface area contributed by atoms with Gasteiger partial charge in [0.15, 0.2) is 0 Å². The van der Waals surface area contributed by atoms with Crippen LogP contribution < -0.4 is 5.01 Å². The lowest BCUT2D eigenvalue weighted by Gasteiger charge is -2.05. The van der Waals surface area contributed by atoms with Gasteiger partial charge >= 0.3 is 0 Å². The molecule has 1 aliphatic rings. The molecule has 0 bridgehead atoms. The number of aromatic nitrogens is 1. The number of hydrogen-bond donors (Lipinski definition) is 0. The molecular formula is C11H8ClN3OS. The topological polar surface area (TPSA) is 45.6 Å². The summed E-state index contributed by atoms with van der Waals surface area (Å²) in [6, 6.07) is 5.47. The number of halogens is 1. The van der Waals surface area contributed by atoms with E-state index >= 15 is 0 Å². The zero-order valence-corrected chi connectivity index (χ0v) is 10.5. The zero-order chi connectivity index (χ0) is 12.0. The Morgan fingerprint density at radius 1 is 1.47 bits per heavy atom. The molecule has 1 amide bonds. The van der Waals surface area contributed by atoms with Crippen LogP contribution in [-0.4, -0.2) is 16.6 Å². The first-order chi connectivity index (χ1) is 8.13. The third kappa shape index (κ3) is 1.81. The van der Waals surface area contributed by atoms with Crippen LogP contribution in [0.4, 0.5) is 5.13 Å². The molecule has 86 valence electrons. The molecule has 0 atom stereocenters. The van der Waals surface area contributed by atoms with Crippen molar-refractivity contribution < 1.29 is 4.79 Å². The number of benzene rings is 1. The maximum Gasteiger partial charge on any atom is 0.255 e. The van der Waals surface area contributed by atoms with Gasteiger partial charge in [-0.15, -0.1) is 0 Å². The van der Waals surface area contributed by atoms with Crippen LogP contribution in [0.5, 0.6) is 0 Å². The van der Waals surface area contributed by atoms with Gasteiger partial charge in [0.1, 0.15) is 0 Å². The van der Waals surface area contributed by atoms with Gasteiger partial charge in [-0.1, -0.05) is 22.9 Å². The van der Waals surface area contributed by atoms with E-state index in [1.165, 1.54) is 16.3 Å². The number of fused-ring (bicyclic) bond motifs is 1. The predicted molar refractivity (Wildman–Crippen MR) is 69.8 cm³/mol. The third-order valence-corrected chi connectivity index (χ3v) is 3.66. The molecule has 0 aliphatic carbocycles. The van der Waals surface area contributed by atoms with E-state index in [1.54, 1.807) is 6.07 Å². The molecule has 0 spiro atoms. The zero-order valence-electron chi connectivity index (χ0n) is 8.98. The molecule has 2 aromatic rings. The summed E-state index contributed by atoms with van der Waals surface area (Å²) in [6.45, 7) is 1.84. The summed E-state index contributed by atoms with van der Waals surface area (Å²) in [6.07, 6.45) is 0.372. The lowest BCUT2D eigenvalue weighted by molar-refractivity contribution is -0.116. The highest BCUT2D eigenvalue weighted by atomic mass is 35.5. The average Bonchev–Trinajstić information content (AvgIpc) is 2.80. The van der Waals surface area contributed by atoms with Crippen molar-refractivity contribution in [3.05, 3.63) is 23.2 Å². The number of rotatable bonds is 1. The second-order valence-electron chi connectivity index (χ2n) is 3.83. The summed E-state index contributed by atoms with van der Waals surface area (Å²) in [4.78, 5) is 16.1. The van der Waals surface area contributed by atoms with Crippen LogP contribution in [0.1, 0.15) is 13.3 Å². The summed E-state index contributed by atoms with van der Waals surface area (Å²) >= 11 is 7.33. The fourth-order valence-corrected chi connectivity index (χ4v) is 2.89. The van der Waals surface area contributed by atoms with Gasteiger partial charge in [-0.3, -0.25) is 4.79 Å². The Hall–Kier alpha value is -1.46. The van der Waals surface area contributed by atoms with Crippen molar-refractivity contribution >= 4 is 49.9 Å². The number of hydrazone groups is 1. The highest BCUT2D eigenvalue weighted by Gasteiger charge is 2.25. The van der Waals surface area contributed by atoms with Crippen molar-refractivity contribution in [3.63, 3.8) is 0 Å². The number of carbonyl (C=O) groups excluding carboxylic acids is 1. The Labute approximate surface area is 107 Å². The summed E-state index contributed by atoms with van der Waals surface area (Å²) < 4.78 is 0.958. The van der Waals surface area contributed by atoms with E-state index in [9.17, 15) is 4.79 Å². The van der Waals surface area contributed by atoms with Crippen molar-refractivity contribution in [1.29, 1.82) is 0 Å². The molecule has 2 heterocycles. The minimum atomic E-state index is -0.0346. The van der Waals surface area contributed by atoms with E-state index in [2.05, 4.69) is 10.1 Å². The normalized spacial score (nSPS) is 15.8. The van der Waals surface area contributed by atoms with Crippen molar-refractivity contribution in [2.75, 3.05) is 5.01 Å². The van der Waals surface area contributed by atoms with Gasteiger partial charge in [0.05, 0.1) is 16.6 Å². The first kappa shape index (κ1) is 10.7.